The van der Waals surface area contributed by atoms with Gasteiger partial charge < -0.3 is 10.1 Å². The Morgan fingerprint density at radius 2 is 2.00 bits per heavy atom. The van der Waals surface area contributed by atoms with Gasteiger partial charge in [0.1, 0.15) is 11.3 Å². The number of hydrogen-bond acceptors (Lipinski definition) is 3. The molecule has 0 unspecified atom stereocenters. The van der Waals surface area contributed by atoms with E-state index in [1.807, 2.05) is 0 Å². The van der Waals surface area contributed by atoms with Gasteiger partial charge in [-0.3, -0.25) is 9.69 Å². The lowest BCUT2D eigenvalue weighted by atomic mass is 9.82. The molecule has 3 amide bonds. The number of amides is 3. The molecule has 1 N–H and O–H groups in total. The van der Waals surface area contributed by atoms with Crippen LogP contribution >= 0.6 is 11.6 Å². The normalized spacial score (nSPS) is 20.4. The maximum Gasteiger partial charge on any atom is 0.325 e. The Hall–Kier alpha value is -1.75. The molecule has 2 aliphatic rings. The summed E-state index contributed by atoms with van der Waals surface area (Å²) in [5.74, 6) is 0.494. The zero-order valence-corrected chi connectivity index (χ0v) is 13.3. The molecule has 1 spiro atoms. The van der Waals surface area contributed by atoms with Crippen LogP contribution in [0, 0.1) is 0 Å². The minimum atomic E-state index is -0.693. The fourth-order valence-electron chi connectivity index (χ4n) is 3.36. The van der Waals surface area contributed by atoms with Gasteiger partial charge >= 0.3 is 6.03 Å². The van der Waals surface area contributed by atoms with Crippen molar-refractivity contribution in [3.8, 4) is 5.75 Å². The third-order valence-corrected chi connectivity index (χ3v) is 4.76. The summed E-state index contributed by atoms with van der Waals surface area (Å²) in [7, 11) is 1.56. The summed E-state index contributed by atoms with van der Waals surface area (Å²) in [5, 5.41) is 3.46. The Labute approximate surface area is 134 Å². The number of nitrogens with zero attached hydrogens (tertiary/aromatic N) is 1. The molecule has 0 aromatic heterocycles. The molecule has 2 fully saturated rings. The van der Waals surface area contributed by atoms with Crippen molar-refractivity contribution in [1.82, 2.24) is 10.2 Å². The molecule has 0 radical (unpaired) electrons. The van der Waals surface area contributed by atoms with Crippen LogP contribution in [-0.4, -0.2) is 29.5 Å². The molecule has 1 heterocycles. The summed E-state index contributed by atoms with van der Waals surface area (Å²) in [4.78, 5) is 26.3. The lowest BCUT2D eigenvalue weighted by molar-refractivity contribution is -0.132. The van der Waals surface area contributed by atoms with Crippen LogP contribution in [0.2, 0.25) is 5.02 Å². The summed E-state index contributed by atoms with van der Waals surface area (Å²) in [6.45, 7) is 0.177. The number of carbonyl (C=O) groups is 2. The Morgan fingerprint density at radius 1 is 1.27 bits per heavy atom. The first-order chi connectivity index (χ1) is 10.6. The molecule has 1 aliphatic heterocycles. The Balaban J connectivity index is 1.85. The predicted octanol–water partition coefficient (Wildman–Crippen LogP) is 3.10. The number of nitrogens with one attached hydrogen (secondary N) is 1. The number of halogens is 1. The van der Waals surface area contributed by atoms with Crippen molar-refractivity contribution < 1.29 is 14.3 Å². The van der Waals surface area contributed by atoms with Gasteiger partial charge in [-0.05, 0) is 31.0 Å². The lowest BCUT2D eigenvalue weighted by Crippen LogP contribution is -2.48. The summed E-state index contributed by atoms with van der Waals surface area (Å²) < 4.78 is 5.29. The highest BCUT2D eigenvalue weighted by atomic mass is 35.5. The summed E-state index contributed by atoms with van der Waals surface area (Å²) in [6.07, 6.45) is 4.51. The molecular formula is C16H19ClN2O3. The first-order valence-electron chi connectivity index (χ1n) is 7.52. The van der Waals surface area contributed by atoms with Crippen LogP contribution < -0.4 is 10.1 Å². The number of benzene rings is 1. The zero-order valence-electron chi connectivity index (χ0n) is 12.5. The second kappa shape index (κ2) is 5.80. The predicted molar refractivity (Wildman–Crippen MR) is 82.9 cm³/mol. The third-order valence-electron chi connectivity index (χ3n) is 4.52. The molecule has 3 rings (SSSR count). The first-order valence-corrected chi connectivity index (χ1v) is 7.90. The highest BCUT2D eigenvalue weighted by Crippen LogP contribution is 2.35. The van der Waals surface area contributed by atoms with Gasteiger partial charge in [0.2, 0.25) is 0 Å². The molecular weight excluding hydrogens is 304 g/mol. The highest BCUT2D eigenvalue weighted by Gasteiger charge is 2.51. The highest BCUT2D eigenvalue weighted by molar-refractivity contribution is 6.30. The van der Waals surface area contributed by atoms with E-state index in [2.05, 4.69) is 5.32 Å². The fraction of sp³-hybridized carbons (Fsp3) is 0.500. The summed E-state index contributed by atoms with van der Waals surface area (Å²) >= 11 is 6.01. The van der Waals surface area contributed by atoms with Gasteiger partial charge in [0.25, 0.3) is 5.91 Å². The molecule has 0 atom stereocenters. The maximum absolute atomic E-state index is 12.8. The molecule has 1 aliphatic carbocycles. The van der Waals surface area contributed by atoms with E-state index in [4.69, 9.17) is 16.3 Å². The summed E-state index contributed by atoms with van der Waals surface area (Å²) in [6, 6.07) is 4.87. The molecule has 118 valence electrons. The van der Waals surface area contributed by atoms with Gasteiger partial charge in [0.15, 0.2) is 0 Å². The SMILES string of the molecule is COc1ccc(Cl)cc1CN1C(=O)NC2(CCCCC2)C1=O. The number of imide groups is 1. The van der Waals surface area contributed by atoms with Crippen LogP contribution in [0.3, 0.4) is 0 Å². The van der Waals surface area contributed by atoms with Crippen molar-refractivity contribution in [2.75, 3.05) is 7.11 Å². The van der Waals surface area contributed by atoms with Crippen LogP contribution in [0.4, 0.5) is 4.79 Å². The average Bonchev–Trinajstić information content (AvgIpc) is 2.73. The lowest BCUT2D eigenvalue weighted by Gasteiger charge is -2.30. The van der Waals surface area contributed by atoms with Gasteiger partial charge in [0.05, 0.1) is 13.7 Å². The van der Waals surface area contributed by atoms with Crippen LogP contribution in [0.15, 0.2) is 18.2 Å². The van der Waals surface area contributed by atoms with Crippen molar-refractivity contribution in [2.45, 2.75) is 44.2 Å². The van der Waals surface area contributed by atoms with Crippen molar-refractivity contribution >= 4 is 23.5 Å². The number of carbonyl (C=O) groups excluding carboxylic acids is 2. The Morgan fingerprint density at radius 3 is 2.68 bits per heavy atom. The van der Waals surface area contributed by atoms with Crippen LogP contribution in [-0.2, 0) is 11.3 Å². The zero-order chi connectivity index (χ0) is 15.7. The quantitative estimate of drug-likeness (QED) is 0.870. The maximum atomic E-state index is 12.8. The first kappa shape index (κ1) is 15.2. The van der Waals surface area contributed by atoms with Crippen LogP contribution in [0.5, 0.6) is 5.75 Å². The van der Waals surface area contributed by atoms with Crippen LogP contribution in [0.1, 0.15) is 37.7 Å². The largest absolute Gasteiger partial charge is 0.496 e. The smallest absolute Gasteiger partial charge is 0.325 e. The van der Waals surface area contributed by atoms with Gasteiger partial charge in [-0.1, -0.05) is 30.9 Å². The molecule has 1 aromatic carbocycles. The number of hydrogen-bond donors (Lipinski definition) is 1. The molecule has 5 nitrogen and oxygen atoms in total. The summed E-state index contributed by atoms with van der Waals surface area (Å²) in [5.41, 5.74) is 0.0348. The second-order valence-corrected chi connectivity index (χ2v) is 6.36. The van der Waals surface area contributed by atoms with Crippen LogP contribution in [0.25, 0.3) is 0 Å². The van der Waals surface area contributed by atoms with E-state index in [1.165, 1.54) is 4.90 Å². The van der Waals surface area contributed by atoms with E-state index in [0.29, 0.717) is 10.8 Å². The van der Waals surface area contributed by atoms with Gasteiger partial charge in [-0.15, -0.1) is 0 Å². The van der Waals surface area contributed by atoms with Crippen molar-refractivity contribution in [1.29, 1.82) is 0 Å². The van der Waals surface area contributed by atoms with E-state index < -0.39 is 5.54 Å². The second-order valence-electron chi connectivity index (χ2n) is 5.92. The van der Waals surface area contributed by atoms with Crippen molar-refractivity contribution in [3.63, 3.8) is 0 Å². The van der Waals surface area contributed by atoms with Crippen molar-refractivity contribution in [3.05, 3.63) is 28.8 Å². The van der Waals surface area contributed by atoms with E-state index in [0.717, 1.165) is 37.7 Å². The molecule has 1 saturated carbocycles. The van der Waals surface area contributed by atoms with Gasteiger partial charge in [-0.25, -0.2) is 4.79 Å². The molecule has 1 aromatic rings. The Kier molecular flexibility index (Phi) is 4.00. The molecule has 0 bridgehead atoms. The molecule has 6 heteroatoms. The molecule has 1 saturated heterocycles. The van der Waals surface area contributed by atoms with E-state index in [1.54, 1.807) is 25.3 Å². The van der Waals surface area contributed by atoms with E-state index in [-0.39, 0.29) is 18.5 Å². The minimum absolute atomic E-state index is 0.126. The third kappa shape index (κ3) is 2.54. The fourth-order valence-corrected chi connectivity index (χ4v) is 3.55. The van der Waals surface area contributed by atoms with E-state index >= 15 is 0 Å². The number of urea groups is 1. The minimum Gasteiger partial charge on any atom is -0.496 e. The average molecular weight is 323 g/mol. The monoisotopic (exact) mass is 322 g/mol. The Bertz CT molecular complexity index is 611. The van der Waals surface area contributed by atoms with Crippen molar-refractivity contribution in [2.24, 2.45) is 0 Å². The van der Waals surface area contributed by atoms with Gasteiger partial charge in [0, 0.05) is 10.6 Å². The number of ether oxygens (including phenoxy) is 1. The standard InChI is InChI=1S/C16H19ClN2O3/c1-22-13-6-5-12(17)9-11(13)10-19-14(20)16(18-15(19)21)7-3-2-4-8-16/h5-6,9H,2-4,7-8,10H2,1H3,(H,18,21). The number of rotatable bonds is 3. The topological polar surface area (TPSA) is 58.6 Å². The molecule has 22 heavy (non-hydrogen) atoms. The van der Waals surface area contributed by atoms with Gasteiger partial charge in [-0.2, -0.15) is 0 Å². The number of methoxy groups -OCH3 is 1. The van der Waals surface area contributed by atoms with E-state index in [9.17, 15) is 9.59 Å².